The third-order valence-corrected chi connectivity index (χ3v) is 6.15. The van der Waals surface area contributed by atoms with Gasteiger partial charge in [0, 0.05) is 6.54 Å². The average molecular weight is 456 g/mol. The molecule has 0 bridgehead atoms. The van der Waals surface area contributed by atoms with Crippen molar-refractivity contribution in [3.05, 3.63) is 29.8 Å². The molecule has 0 aliphatic rings. The molecule has 0 amide bonds. The van der Waals surface area contributed by atoms with Crippen LogP contribution >= 0.6 is 7.82 Å². The van der Waals surface area contributed by atoms with E-state index in [1.807, 2.05) is 31.2 Å². The van der Waals surface area contributed by atoms with Gasteiger partial charge in [0.05, 0.1) is 5.69 Å². The van der Waals surface area contributed by atoms with E-state index in [-0.39, 0.29) is 0 Å². The lowest BCUT2D eigenvalue weighted by Gasteiger charge is -2.23. The van der Waals surface area contributed by atoms with E-state index in [4.69, 9.17) is 4.62 Å². The molecule has 0 atom stereocenters. The summed E-state index contributed by atoms with van der Waals surface area (Å²) in [5.41, 5.74) is 1.78. The molecular weight excluding hydrogens is 409 g/mol. The highest BCUT2D eigenvalue weighted by molar-refractivity contribution is 7.46. The van der Waals surface area contributed by atoms with Crippen LogP contribution in [-0.2, 0) is 9.19 Å². The third kappa shape index (κ3) is 16.4. The molecule has 0 aliphatic carbocycles. The summed E-state index contributed by atoms with van der Waals surface area (Å²) >= 11 is 0. The van der Waals surface area contributed by atoms with Gasteiger partial charge in [-0.3, -0.25) is 0 Å². The maximum atomic E-state index is 11.3. The molecule has 0 aromatic heterocycles. The van der Waals surface area contributed by atoms with E-state index in [2.05, 4.69) is 6.92 Å². The summed E-state index contributed by atoms with van der Waals surface area (Å²) in [5.74, 6) is 0. The van der Waals surface area contributed by atoms with Gasteiger partial charge in [0.15, 0.2) is 0 Å². The normalized spacial score (nSPS) is 11.7. The van der Waals surface area contributed by atoms with Crippen molar-refractivity contribution in [3.8, 4) is 0 Å². The zero-order chi connectivity index (χ0) is 22.8. The van der Waals surface area contributed by atoms with Gasteiger partial charge in [-0.1, -0.05) is 121 Å². The van der Waals surface area contributed by atoms with Crippen LogP contribution in [0.1, 0.15) is 115 Å². The molecular formula is C25H46NO4P. The lowest BCUT2D eigenvalue weighted by atomic mass is 10.0. The molecule has 6 heteroatoms. The number of hydroxylamine groups is 1. The number of nitrogens with zero attached hydrogens (tertiary/aromatic N) is 1. The number of hydrogen-bond acceptors (Lipinski definition) is 3. The molecule has 31 heavy (non-hydrogen) atoms. The number of benzene rings is 1. The number of anilines is 1. The molecule has 0 aliphatic heterocycles. The van der Waals surface area contributed by atoms with Gasteiger partial charge in [0.2, 0.25) is 0 Å². The molecule has 5 nitrogen and oxygen atoms in total. The number of hydrogen-bond donors (Lipinski definition) is 2. The quantitative estimate of drug-likeness (QED) is 0.118. The highest BCUT2D eigenvalue weighted by Gasteiger charge is 2.21. The summed E-state index contributed by atoms with van der Waals surface area (Å²) in [7, 11) is -4.56. The van der Waals surface area contributed by atoms with Crippen molar-refractivity contribution in [1.82, 2.24) is 0 Å². The van der Waals surface area contributed by atoms with Gasteiger partial charge in [-0.25, -0.2) is 9.63 Å². The second kappa shape index (κ2) is 17.7. The van der Waals surface area contributed by atoms with Crippen LogP contribution < -0.4 is 5.06 Å². The van der Waals surface area contributed by atoms with E-state index < -0.39 is 7.82 Å². The van der Waals surface area contributed by atoms with Crippen LogP contribution in [0, 0.1) is 6.92 Å². The lowest BCUT2D eigenvalue weighted by molar-refractivity contribution is 0.177. The van der Waals surface area contributed by atoms with Crippen LogP contribution in [0.3, 0.4) is 0 Å². The van der Waals surface area contributed by atoms with E-state index in [1.165, 1.54) is 88.5 Å². The average Bonchev–Trinajstić information content (AvgIpc) is 2.72. The zero-order valence-electron chi connectivity index (χ0n) is 19.9. The van der Waals surface area contributed by atoms with Gasteiger partial charge in [0.1, 0.15) is 0 Å². The summed E-state index contributed by atoms with van der Waals surface area (Å²) in [5, 5.41) is 1.34. The Bertz CT molecular complexity index is 588. The predicted octanol–water partition coefficient (Wildman–Crippen LogP) is 8.09. The lowest BCUT2D eigenvalue weighted by Crippen LogP contribution is -2.23. The minimum Gasteiger partial charge on any atom is -0.301 e. The summed E-state index contributed by atoms with van der Waals surface area (Å²) in [4.78, 5) is 18.4. The maximum Gasteiger partial charge on any atom is 0.491 e. The van der Waals surface area contributed by atoms with E-state index >= 15 is 0 Å². The van der Waals surface area contributed by atoms with Gasteiger partial charge in [0.25, 0.3) is 0 Å². The van der Waals surface area contributed by atoms with E-state index in [9.17, 15) is 14.4 Å². The SMILES string of the molecule is CCCCCCCCCCCCCCCCCCN(OP(=O)(O)O)c1ccc(C)cc1. The Balaban J connectivity index is 2.02. The Kier molecular flexibility index (Phi) is 16.0. The van der Waals surface area contributed by atoms with Crippen molar-refractivity contribution in [1.29, 1.82) is 0 Å². The molecule has 0 saturated carbocycles. The molecule has 1 aromatic rings. The number of unbranched alkanes of at least 4 members (excludes halogenated alkanes) is 15. The molecule has 1 rings (SSSR count). The van der Waals surface area contributed by atoms with Crippen molar-refractivity contribution in [2.45, 2.75) is 117 Å². The number of rotatable bonds is 20. The summed E-state index contributed by atoms with van der Waals surface area (Å²) in [6.45, 7) is 4.73. The predicted molar refractivity (Wildman–Crippen MR) is 131 cm³/mol. The Morgan fingerprint density at radius 2 is 1.10 bits per heavy atom. The van der Waals surface area contributed by atoms with Crippen LogP contribution in [0.2, 0.25) is 0 Å². The highest BCUT2D eigenvalue weighted by Crippen LogP contribution is 2.39. The Hall–Kier alpha value is -0.870. The molecule has 180 valence electrons. The molecule has 0 heterocycles. The summed E-state index contributed by atoms with van der Waals surface area (Å²) < 4.78 is 16.2. The molecule has 1 aromatic carbocycles. The molecule has 0 spiro atoms. The standard InChI is InChI=1S/C25H46NO4P/c1-3-4-5-6-7-8-9-10-11-12-13-14-15-16-17-18-23-26(30-31(27,28)29)25-21-19-24(2)20-22-25/h19-22H,3-18,23H2,1-2H3,(H2,27,28,29). The fraction of sp³-hybridized carbons (Fsp3) is 0.760. The number of phosphoric acid groups is 1. The van der Waals surface area contributed by atoms with Crippen molar-refractivity contribution >= 4 is 13.5 Å². The second-order valence-corrected chi connectivity index (χ2v) is 9.96. The van der Waals surface area contributed by atoms with Crippen molar-refractivity contribution in [2.24, 2.45) is 0 Å². The van der Waals surface area contributed by atoms with Crippen molar-refractivity contribution in [3.63, 3.8) is 0 Å². The van der Waals surface area contributed by atoms with Crippen LogP contribution in [0.5, 0.6) is 0 Å². The fourth-order valence-electron chi connectivity index (χ4n) is 3.86. The van der Waals surface area contributed by atoms with Crippen LogP contribution in [0.25, 0.3) is 0 Å². The van der Waals surface area contributed by atoms with Crippen molar-refractivity contribution in [2.75, 3.05) is 11.6 Å². The first-order valence-corrected chi connectivity index (χ1v) is 14.0. The second-order valence-electron chi connectivity index (χ2n) is 8.81. The largest absolute Gasteiger partial charge is 0.491 e. The molecule has 0 saturated heterocycles. The summed E-state index contributed by atoms with van der Waals surface area (Å²) in [6.07, 6.45) is 20.8. The van der Waals surface area contributed by atoms with Gasteiger partial charge in [-0.15, -0.1) is 0 Å². The summed E-state index contributed by atoms with van der Waals surface area (Å²) in [6, 6.07) is 7.49. The van der Waals surface area contributed by atoms with Gasteiger partial charge >= 0.3 is 7.82 Å². The Labute approximate surface area is 190 Å². The Morgan fingerprint density at radius 3 is 1.48 bits per heavy atom. The molecule has 0 radical (unpaired) electrons. The maximum absolute atomic E-state index is 11.3. The molecule has 0 fully saturated rings. The fourth-order valence-corrected chi connectivity index (χ4v) is 4.29. The monoisotopic (exact) mass is 455 g/mol. The Morgan fingerprint density at radius 1 is 0.710 bits per heavy atom. The third-order valence-electron chi connectivity index (χ3n) is 5.74. The van der Waals surface area contributed by atoms with Crippen LogP contribution in [0.15, 0.2) is 24.3 Å². The first kappa shape index (κ1) is 28.2. The molecule has 0 unspecified atom stereocenters. The topological polar surface area (TPSA) is 70.0 Å². The van der Waals surface area contributed by atoms with E-state index in [0.717, 1.165) is 24.8 Å². The van der Waals surface area contributed by atoms with E-state index in [1.54, 1.807) is 0 Å². The zero-order valence-corrected chi connectivity index (χ0v) is 20.8. The van der Waals surface area contributed by atoms with Crippen molar-refractivity contribution < 1.29 is 19.0 Å². The van der Waals surface area contributed by atoms with Gasteiger partial charge in [-0.2, -0.15) is 4.62 Å². The smallest absolute Gasteiger partial charge is 0.301 e. The van der Waals surface area contributed by atoms with E-state index in [0.29, 0.717) is 12.2 Å². The number of aryl methyl sites for hydroxylation is 1. The highest BCUT2D eigenvalue weighted by atomic mass is 31.2. The van der Waals surface area contributed by atoms with Crippen LogP contribution in [-0.4, -0.2) is 16.3 Å². The first-order chi connectivity index (χ1) is 14.9. The van der Waals surface area contributed by atoms with Gasteiger partial charge in [-0.05, 0) is 25.5 Å². The van der Waals surface area contributed by atoms with Crippen LogP contribution in [0.4, 0.5) is 5.69 Å². The minimum atomic E-state index is -4.56. The first-order valence-electron chi connectivity index (χ1n) is 12.5. The van der Waals surface area contributed by atoms with Gasteiger partial charge < -0.3 is 9.79 Å². The minimum absolute atomic E-state index is 0.479. The molecule has 2 N–H and O–H groups in total.